The summed E-state index contributed by atoms with van der Waals surface area (Å²) in [6.45, 7) is 2.27. The van der Waals surface area contributed by atoms with E-state index in [9.17, 15) is 9.59 Å². The van der Waals surface area contributed by atoms with Crippen molar-refractivity contribution in [1.82, 2.24) is 5.32 Å². The molecule has 1 unspecified atom stereocenters. The molecule has 1 aromatic carbocycles. The average molecular weight is 266 g/mol. The molecule has 0 aromatic heterocycles. The third kappa shape index (κ3) is 5.87. The number of hydrogen-bond donors (Lipinski definition) is 3. The number of amides is 1. The van der Waals surface area contributed by atoms with Crippen LogP contribution >= 0.6 is 0 Å². The molecule has 19 heavy (non-hydrogen) atoms. The third-order valence-electron chi connectivity index (χ3n) is 2.44. The number of carboxylic acid groups (broad SMARTS) is 1. The van der Waals surface area contributed by atoms with Gasteiger partial charge in [-0.05, 0) is 24.1 Å². The largest absolute Gasteiger partial charge is 0.492 e. The SMILES string of the molecule is CC(=O)NCCOc1ccc(CC(N)C(=O)O)cc1. The third-order valence-corrected chi connectivity index (χ3v) is 2.44. The van der Waals surface area contributed by atoms with Crippen molar-refractivity contribution in [3.63, 3.8) is 0 Å². The molecule has 6 heteroatoms. The van der Waals surface area contributed by atoms with E-state index in [1.807, 2.05) is 0 Å². The number of carbonyl (C=O) groups is 2. The first-order valence-corrected chi connectivity index (χ1v) is 5.93. The van der Waals surface area contributed by atoms with E-state index in [0.29, 0.717) is 18.9 Å². The zero-order chi connectivity index (χ0) is 14.3. The van der Waals surface area contributed by atoms with Gasteiger partial charge in [0.05, 0.1) is 6.54 Å². The lowest BCUT2D eigenvalue weighted by atomic mass is 10.1. The number of benzene rings is 1. The summed E-state index contributed by atoms with van der Waals surface area (Å²) in [5.41, 5.74) is 6.28. The fourth-order valence-electron chi connectivity index (χ4n) is 1.46. The van der Waals surface area contributed by atoms with Crippen LogP contribution in [0.3, 0.4) is 0 Å². The van der Waals surface area contributed by atoms with Gasteiger partial charge in [0.2, 0.25) is 5.91 Å². The van der Waals surface area contributed by atoms with Crippen molar-refractivity contribution >= 4 is 11.9 Å². The Labute approximate surface area is 111 Å². The van der Waals surface area contributed by atoms with Crippen LogP contribution in [0, 0.1) is 0 Å². The average Bonchev–Trinajstić information content (AvgIpc) is 2.36. The summed E-state index contributed by atoms with van der Waals surface area (Å²) in [5, 5.41) is 11.3. The second kappa shape index (κ2) is 7.38. The smallest absolute Gasteiger partial charge is 0.320 e. The lowest BCUT2D eigenvalue weighted by Crippen LogP contribution is -2.32. The molecular weight excluding hydrogens is 248 g/mol. The van der Waals surface area contributed by atoms with E-state index in [-0.39, 0.29) is 12.3 Å². The van der Waals surface area contributed by atoms with Crippen molar-refractivity contribution in [3.8, 4) is 5.75 Å². The molecule has 0 fully saturated rings. The number of ether oxygens (including phenoxy) is 1. The maximum Gasteiger partial charge on any atom is 0.320 e. The Balaban J connectivity index is 2.39. The molecule has 0 saturated carbocycles. The van der Waals surface area contributed by atoms with Crippen LogP contribution in [0.1, 0.15) is 12.5 Å². The summed E-state index contributed by atoms with van der Waals surface area (Å²) in [6.07, 6.45) is 0.279. The van der Waals surface area contributed by atoms with Gasteiger partial charge in [0.15, 0.2) is 0 Å². The van der Waals surface area contributed by atoms with E-state index in [2.05, 4.69) is 5.32 Å². The predicted octanol–water partition coefficient (Wildman–Crippen LogP) is 0.156. The highest BCUT2D eigenvalue weighted by Gasteiger charge is 2.11. The molecule has 1 amide bonds. The molecule has 0 radical (unpaired) electrons. The minimum absolute atomic E-state index is 0.0957. The Morgan fingerprint density at radius 2 is 2.00 bits per heavy atom. The fourth-order valence-corrected chi connectivity index (χ4v) is 1.46. The first-order chi connectivity index (χ1) is 8.99. The van der Waals surface area contributed by atoms with E-state index in [4.69, 9.17) is 15.6 Å². The van der Waals surface area contributed by atoms with Crippen LogP contribution < -0.4 is 15.8 Å². The van der Waals surface area contributed by atoms with Crippen molar-refractivity contribution in [2.24, 2.45) is 5.73 Å². The molecule has 0 saturated heterocycles. The number of rotatable bonds is 7. The van der Waals surface area contributed by atoms with Crippen molar-refractivity contribution in [2.45, 2.75) is 19.4 Å². The molecular formula is C13H18N2O4. The normalized spacial score (nSPS) is 11.7. The van der Waals surface area contributed by atoms with Gasteiger partial charge in [0.25, 0.3) is 0 Å². The highest BCUT2D eigenvalue weighted by atomic mass is 16.5. The van der Waals surface area contributed by atoms with Crippen LogP contribution in [0.5, 0.6) is 5.75 Å². The number of nitrogens with one attached hydrogen (secondary N) is 1. The van der Waals surface area contributed by atoms with Crippen molar-refractivity contribution in [1.29, 1.82) is 0 Å². The molecule has 0 spiro atoms. The highest BCUT2D eigenvalue weighted by Crippen LogP contribution is 2.13. The van der Waals surface area contributed by atoms with Crippen LogP contribution in [0.15, 0.2) is 24.3 Å². The Kier molecular flexibility index (Phi) is 5.81. The van der Waals surface area contributed by atoms with Crippen molar-refractivity contribution < 1.29 is 19.4 Å². The Morgan fingerprint density at radius 3 is 2.53 bits per heavy atom. The summed E-state index contributed by atoms with van der Waals surface area (Å²) in [5.74, 6) is -0.449. The number of hydrogen-bond acceptors (Lipinski definition) is 4. The van der Waals surface area contributed by atoms with Gasteiger partial charge < -0.3 is 20.9 Å². The van der Waals surface area contributed by atoms with Crippen molar-refractivity contribution in [2.75, 3.05) is 13.2 Å². The first kappa shape index (κ1) is 15.0. The van der Waals surface area contributed by atoms with Gasteiger partial charge in [-0.15, -0.1) is 0 Å². The molecule has 1 atom stereocenters. The fraction of sp³-hybridized carbons (Fsp3) is 0.385. The Bertz CT molecular complexity index is 431. The lowest BCUT2D eigenvalue weighted by Gasteiger charge is -2.09. The maximum absolute atomic E-state index is 10.6. The molecule has 6 nitrogen and oxygen atoms in total. The van der Waals surface area contributed by atoms with Crippen LogP contribution in [0.25, 0.3) is 0 Å². The number of carboxylic acids is 1. The van der Waals surface area contributed by atoms with E-state index in [1.54, 1.807) is 24.3 Å². The van der Waals surface area contributed by atoms with Gasteiger partial charge in [0.1, 0.15) is 18.4 Å². The van der Waals surface area contributed by atoms with Gasteiger partial charge in [-0.3, -0.25) is 9.59 Å². The predicted molar refractivity (Wildman–Crippen MR) is 69.9 cm³/mol. The number of carbonyl (C=O) groups excluding carboxylic acids is 1. The standard InChI is InChI=1S/C13H18N2O4/c1-9(16)15-6-7-19-11-4-2-10(3-5-11)8-12(14)13(17)18/h2-5,12H,6-8,14H2,1H3,(H,15,16)(H,17,18). The van der Waals surface area contributed by atoms with E-state index in [0.717, 1.165) is 5.56 Å². The molecule has 4 N–H and O–H groups in total. The van der Waals surface area contributed by atoms with Crippen molar-refractivity contribution in [3.05, 3.63) is 29.8 Å². The second-order valence-corrected chi connectivity index (χ2v) is 4.12. The zero-order valence-corrected chi connectivity index (χ0v) is 10.8. The van der Waals surface area contributed by atoms with Crippen LogP contribution in [-0.2, 0) is 16.0 Å². The quantitative estimate of drug-likeness (QED) is 0.610. The summed E-state index contributed by atoms with van der Waals surface area (Å²) in [7, 11) is 0. The Morgan fingerprint density at radius 1 is 1.37 bits per heavy atom. The van der Waals surface area contributed by atoms with E-state index in [1.165, 1.54) is 6.92 Å². The van der Waals surface area contributed by atoms with E-state index >= 15 is 0 Å². The molecule has 0 aliphatic heterocycles. The molecule has 0 bridgehead atoms. The maximum atomic E-state index is 10.6. The summed E-state index contributed by atoms with van der Waals surface area (Å²) >= 11 is 0. The van der Waals surface area contributed by atoms with E-state index < -0.39 is 12.0 Å². The second-order valence-electron chi connectivity index (χ2n) is 4.12. The highest BCUT2D eigenvalue weighted by molar-refractivity contribution is 5.73. The minimum atomic E-state index is -1.02. The zero-order valence-electron chi connectivity index (χ0n) is 10.8. The molecule has 0 heterocycles. The van der Waals surface area contributed by atoms with Gasteiger partial charge in [-0.25, -0.2) is 0 Å². The molecule has 0 aliphatic rings. The van der Waals surface area contributed by atoms with Gasteiger partial charge in [0, 0.05) is 6.92 Å². The van der Waals surface area contributed by atoms with Gasteiger partial charge in [-0.1, -0.05) is 12.1 Å². The van der Waals surface area contributed by atoms with Crippen LogP contribution in [0.2, 0.25) is 0 Å². The molecule has 1 rings (SSSR count). The monoisotopic (exact) mass is 266 g/mol. The lowest BCUT2D eigenvalue weighted by molar-refractivity contribution is -0.138. The summed E-state index contributed by atoms with van der Waals surface area (Å²) in [6, 6.07) is 6.15. The first-order valence-electron chi connectivity index (χ1n) is 5.93. The number of aliphatic carboxylic acids is 1. The molecule has 1 aromatic rings. The topological polar surface area (TPSA) is 102 Å². The molecule has 104 valence electrons. The van der Waals surface area contributed by atoms with Crippen LogP contribution in [-0.4, -0.2) is 36.2 Å². The minimum Gasteiger partial charge on any atom is -0.492 e. The van der Waals surface area contributed by atoms with Crippen LogP contribution in [0.4, 0.5) is 0 Å². The summed E-state index contributed by atoms with van der Waals surface area (Å²) in [4.78, 5) is 21.2. The van der Waals surface area contributed by atoms with Gasteiger partial charge in [-0.2, -0.15) is 0 Å². The summed E-state index contributed by atoms with van der Waals surface area (Å²) < 4.78 is 5.40. The van der Waals surface area contributed by atoms with Gasteiger partial charge >= 0.3 is 5.97 Å². The molecule has 0 aliphatic carbocycles. The Hall–Kier alpha value is -2.08. The number of nitrogens with two attached hydrogens (primary N) is 1.